The summed E-state index contributed by atoms with van der Waals surface area (Å²) in [5.41, 5.74) is 0.860. The van der Waals surface area contributed by atoms with Gasteiger partial charge in [-0.1, -0.05) is 31.0 Å². The van der Waals surface area contributed by atoms with Crippen molar-refractivity contribution in [2.24, 2.45) is 0 Å². The molecule has 39 heavy (non-hydrogen) atoms. The molecule has 0 saturated heterocycles. The van der Waals surface area contributed by atoms with Crippen LogP contribution in [0.1, 0.15) is 42.4 Å². The van der Waals surface area contributed by atoms with Crippen LogP contribution in [0.25, 0.3) is 11.1 Å². The van der Waals surface area contributed by atoms with E-state index in [0.717, 1.165) is 49.4 Å². The Bertz CT molecular complexity index is 1520. The fourth-order valence-corrected chi connectivity index (χ4v) is 6.41. The molecule has 3 aromatic carbocycles. The minimum absolute atomic E-state index is 0.111. The van der Waals surface area contributed by atoms with Crippen molar-refractivity contribution < 1.29 is 30.8 Å². The number of anilines is 1. The van der Waals surface area contributed by atoms with Crippen molar-refractivity contribution >= 4 is 21.7 Å². The topological polar surface area (TPSA) is 78.5 Å². The first-order valence-electron chi connectivity index (χ1n) is 12.5. The van der Waals surface area contributed by atoms with Gasteiger partial charge < -0.3 is 5.32 Å². The summed E-state index contributed by atoms with van der Waals surface area (Å²) >= 11 is 0. The van der Waals surface area contributed by atoms with Gasteiger partial charge in [0.1, 0.15) is 5.82 Å². The molecule has 2 N–H and O–H groups in total. The summed E-state index contributed by atoms with van der Waals surface area (Å²) in [7, 11) is -2.25. The zero-order chi connectivity index (χ0) is 28.0. The molecule has 1 heterocycles. The van der Waals surface area contributed by atoms with Gasteiger partial charge in [0, 0.05) is 24.2 Å². The van der Waals surface area contributed by atoms with E-state index in [0.29, 0.717) is 17.8 Å². The number of hydrogen-bond donors (Lipinski definition) is 2. The van der Waals surface area contributed by atoms with Crippen molar-refractivity contribution in [3.63, 3.8) is 0 Å². The number of benzene rings is 3. The van der Waals surface area contributed by atoms with Crippen LogP contribution >= 0.6 is 0 Å². The fourth-order valence-electron chi connectivity index (χ4n) is 5.68. The molecule has 11 heteroatoms. The first-order chi connectivity index (χ1) is 18.4. The summed E-state index contributed by atoms with van der Waals surface area (Å²) in [6.07, 6.45) is -1.17. The minimum atomic E-state index is -4.64. The SMILES string of the molecule is CNS(=O)(=O)c1ccc(CNC(=O)N2CC3(CCCC3)c3cc(-c4cc(F)ccc4C(F)(F)F)ccc32)cc1. The summed E-state index contributed by atoms with van der Waals surface area (Å²) < 4.78 is 81.3. The minimum Gasteiger partial charge on any atom is -0.334 e. The predicted octanol–water partition coefficient (Wildman–Crippen LogP) is 5.96. The zero-order valence-electron chi connectivity index (χ0n) is 21.1. The third-order valence-electron chi connectivity index (χ3n) is 7.67. The van der Waals surface area contributed by atoms with Crippen molar-refractivity contribution in [3.8, 4) is 11.1 Å². The number of nitrogens with one attached hydrogen (secondary N) is 2. The lowest BCUT2D eigenvalue weighted by Gasteiger charge is -2.25. The molecule has 0 aromatic heterocycles. The van der Waals surface area contributed by atoms with E-state index in [4.69, 9.17) is 0 Å². The van der Waals surface area contributed by atoms with Crippen LogP contribution in [0.4, 0.5) is 28.0 Å². The summed E-state index contributed by atoms with van der Waals surface area (Å²) in [5, 5.41) is 2.87. The summed E-state index contributed by atoms with van der Waals surface area (Å²) in [6, 6.07) is 13.1. The molecule has 0 atom stereocenters. The third kappa shape index (κ3) is 5.12. The molecule has 2 amide bonds. The average Bonchev–Trinajstić information content (AvgIpc) is 3.51. The van der Waals surface area contributed by atoms with E-state index in [2.05, 4.69) is 10.0 Å². The van der Waals surface area contributed by atoms with Crippen molar-refractivity contribution in [1.29, 1.82) is 0 Å². The normalized spacial score (nSPS) is 16.5. The number of halogens is 4. The average molecular weight is 562 g/mol. The number of alkyl halides is 3. The Morgan fingerprint density at radius 3 is 2.33 bits per heavy atom. The van der Waals surface area contributed by atoms with E-state index < -0.39 is 27.6 Å². The van der Waals surface area contributed by atoms with Gasteiger partial charge in [0.2, 0.25) is 10.0 Å². The quantitative estimate of drug-likeness (QED) is 0.378. The molecule has 5 rings (SSSR count). The Balaban J connectivity index is 1.43. The lowest BCUT2D eigenvalue weighted by molar-refractivity contribution is -0.137. The number of urea groups is 1. The van der Waals surface area contributed by atoms with Gasteiger partial charge >= 0.3 is 12.2 Å². The van der Waals surface area contributed by atoms with Gasteiger partial charge in [0.15, 0.2) is 0 Å². The Kier molecular flexibility index (Phi) is 6.92. The van der Waals surface area contributed by atoms with E-state index in [9.17, 15) is 30.8 Å². The van der Waals surface area contributed by atoms with Crippen LogP contribution < -0.4 is 14.9 Å². The largest absolute Gasteiger partial charge is 0.417 e. The van der Waals surface area contributed by atoms with Crippen molar-refractivity contribution in [2.45, 2.75) is 48.7 Å². The van der Waals surface area contributed by atoms with Gasteiger partial charge in [-0.3, -0.25) is 4.90 Å². The smallest absolute Gasteiger partial charge is 0.334 e. The van der Waals surface area contributed by atoms with Gasteiger partial charge in [-0.05, 0) is 84.6 Å². The molecule has 206 valence electrons. The van der Waals surface area contributed by atoms with Gasteiger partial charge in [-0.2, -0.15) is 13.2 Å². The van der Waals surface area contributed by atoms with E-state index in [-0.39, 0.29) is 34.0 Å². The lowest BCUT2D eigenvalue weighted by Crippen LogP contribution is -2.41. The zero-order valence-corrected chi connectivity index (χ0v) is 21.9. The van der Waals surface area contributed by atoms with Crippen molar-refractivity contribution in [3.05, 3.63) is 83.2 Å². The van der Waals surface area contributed by atoms with Gasteiger partial charge in [-0.15, -0.1) is 0 Å². The van der Waals surface area contributed by atoms with Crippen molar-refractivity contribution in [1.82, 2.24) is 10.0 Å². The number of sulfonamides is 1. The molecular formula is C28H27F4N3O3S. The van der Waals surface area contributed by atoms with E-state index in [1.807, 2.05) is 0 Å². The molecule has 1 saturated carbocycles. The Labute approximate surface area is 224 Å². The van der Waals surface area contributed by atoms with Crippen LogP contribution in [0.3, 0.4) is 0 Å². The van der Waals surface area contributed by atoms with Crippen LogP contribution in [-0.4, -0.2) is 28.0 Å². The number of nitrogens with zero attached hydrogens (tertiary/aromatic N) is 1. The maximum atomic E-state index is 14.0. The molecule has 1 aliphatic heterocycles. The monoisotopic (exact) mass is 561 g/mol. The maximum Gasteiger partial charge on any atom is 0.417 e. The number of hydrogen-bond acceptors (Lipinski definition) is 3. The highest BCUT2D eigenvalue weighted by atomic mass is 32.2. The maximum absolute atomic E-state index is 14.0. The molecule has 0 radical (unpaired) electrons. The number of fused-ring (bicyclic) bond motifs is 2. The molecular weight excluding hydrogens is 534 g/mol. The Hall–Kier alpha value is -3.44. The third-order valence-corrected chi connectivity index (χ3v) is 9.10. The predicted molar refractivity (Wildman–Crippen MR) is 139 cm³/mol. The Morgan fingerprint density at radius 1 is 1.00 bits per heavy atom. The fraction of sp³-hybridized carbons (Fsp3) is 0.321. The standard InChI is InChI=1S/C28H27F4N3O3S/c1-33-39(37,38)21-8-4-18(5-9-21)16-34-26(36)35-17-27(12-2-3-13-27)24-14-19(6-11-25(24)35)22-15-20(29)7-10-23(22)28(30,31)32/h4-11,14-15,33H,2-3,12-13,16-17H2,1H3,(H,34,36). The Morgan fingerprint density at radius 2 is 1.69 bits per heavy atom. The summed E-state index contributed by atoms with van der Waals surface area (Å²) in [4.78, 5) is 15.0. The number of carbonyl (C=O) groups is 1. The van der Waals surface area contributed by atoms with Crippen LogP contribution in [0.5, 0.6) is 0 Å². The number of carbonyl (C=O) groups excluding carboxylic acids is 1. The molecule has 1 spiro atoms. The molecule has 3 aromatic rings. The highest BCUT2D eigenvalue weighted by Crippen LogP contribution is 2.52. The molecule has 0 bridgehead atoms. The molecule has 0 unspecified atom stereocenters. The second kappa shape index (κ2) is 9.95. The second-order valence-corrected chi connectivity index (χ2v) is 11.9. The van der Waals surface area contributed by atoms with Crippen molar-refractivity contribution in [2.75, 3.05) is 18.5 Å². The lowest BCUT2D eigenvalue weighted by atomic mass is 9.79. The first kappa shape index (κ1) is 27.1. The van der Waals surface area contributed by atoms with Gasteiger partial charge in [-0.25, -0.2) is 22.3 Å². The number of amides is 2. The molecule has 1 aliphatic carbocycles. The van der Waals surface area contributed by atoms with Gasteiger partial charge in [0.25, 0.3) is 0 Å². The molecule has 2 aliphatic rings. The first-order valence-corrected chi connectivity index (χ1v) is 14.0. The van der Waals surface area contributed by atoms with Crippen LogP contribution in [0.2, 0.25) is 0 Å². The number of rotatable bonds is 5. The highest BCUT2D eigenvalue weighted by molar-refractivity contribution is 7.89. The van der Waals surface area contributed by atoms with E-state index in [1.165, 1.54) is 25.2 Å². The van der Waals surface area contributed by atoms with E-state index >= 15 is 0 Å². The van der Waals surface area contributed by atoms with Crippen LogP contribution in [-0.2, 0) is 28.2 Å². The summed E-state index contributed by atoms with van der Waals surface area (Å²) in [5.74, 6) is -0.758. The van der Waals surface area contributed by atoms with Crippen LogP contribution in [0.15, 0.2) is 65.6 Å². The van der Waals surface area contributed by atoms with Crippen LogP contribution in [0, 0.1) is 5.82 Å². The molecule has 6 nitrogen and oxygen atoms in total. The molecule has 1 fully saturated rings. The highest BCUT2D eigenvalue weighted by Gasteiger charge is 2.46. The second-order valence-electron chi connectivity index (χ2n) is 10.0. The summed E-state index contributed by atoms with van der Waals surface area (Å²) in [6.45, 7) is 0.556. The van der Waals surface area contributed by atoms with E-state index in [1.54, 1.807) is 29.2 Å². The van der Waals surface area contributed by atoms with Gasteiger partial charge in [0.05, 0.1) is 10.5 Å².